The Morgan fingerprint density at radius 3 is 2.40 bits per heavy atom. The molecule has 2 heteroatoms. The minimum atomic E-state index is 1.26. The van der Waals surface area contributed by atoms with Gasteiger partial charge < -0.3 is 4.98 Å². The summed E-state index contributed by atoms with van der Waals surface area (Å²) in [5, 5.41) is 5.25. The van der Waals surface area contributed by atoms with Gasteiger partial charge in [0.15, 0.2) is 0 Å². The first kappa shape index (κ1) is 10.5. The van der Waals surface area contributed by atoms with E-state index in [4.69, 9.17) is 0 Å². The Morgan fingerprint density at radius 1 is 0.650 bits per heavy atom. The van der Waals surface area contributed by atoms with Gasteiger partial charge in [-0.25, -0.2) is 0 Å². The van der Waals surface area contributed by atoms with E-state index in [9.17, 15) is 0 Å². The van der Waals surface area contributed by atoms with Gasteiger partial charge in [-0.2, -0.15) is 0 Å². The standard InChI is InChI=1S/C18H11NS/c1-2-6-12-11(5-1)9-10-14-16(12)19-17-13-7-3-4-8-15(13)20-18(14)17/h1-10,19H. The number of aromatic nitrogens is 1. The molecule has 0 bridgehead atoms. The zero-order valence-electron chi connectivity index (χ0n) is 10.7. The average molecular weight is 273 g/mol. The second-order valence-corrected chi connectivity index (χ2v) is 6.19. The summed E-state index contributed by atoms with van der Waals surface area (Å²) in [7, 11) is 0. The molecule has 1 nitrogen and oxygen atoms in total. The van der Waals surface area contributed by atoms with Crippen molar-refractivity contribution < 1.29 is 0 Å². The Bertz CT molecular complexity index is 1090. The first-order valence-corrected chi connectivity index (χ1v) is 7.54. The maximum atomic E-state index is 3.65. The van der Waals surface area contributed by atoms with Crippen molar-refractivity contribution in [2.45, 2.75) is 0 Å². The summed E-state index contributed by atoms with van der Waals surface area (Å²) in [6, 6.07) is 21.6. The molecule has 0 aliphatic carbocycles. The Kier molecular flexibility index (Phi) is 1.89. The number of hydrogen-bond acceptors (Lipinski definition) is 1. The maximum absolute atomic E-state index is 3.65. The first-order valence-electron chi connectivity index (χ1n) is 6.72. The Hall–Kier alpha value is -2.32. The summed E-state index contributed by atoms with van der Waals surface area (Å²) in [5.74, 6) is 0. The molecule has 5 aromatic rings. The molecule has 2 aromatic heterocycles. The van der Waals surface area contributed by atoms with E-state index in [0.717, 1.165) is 0 Å². The summed E-state index contributed by atoms with van der Waals surface area (Å²) in [5.41, 5.74) is 2.53. The predicted octanol–water partition coefficient (Wildman–Crippen LogP) is 5.69. The molecule has 0 aliphatic heterocycles. The smallest absolute Gasteiger partial charge is 0.0654 e. The molecule has 0 radical (unpaired) electrons. The third-order valence-electron chi connectivity index (χ3n) is 4.02. The highest BCUT2D eigenvalue weighted by Crippen LogP contribution is 2.40. The number of rotatable bonds is 0. The van der Waals surface area contributed by atoms with Gasteiger partial charge >= 0.3 is 0 Å². The molecule has 0 saturated heterocycles. The van der Waals surface area contributed by atoms with E-state index in [2.05, 4.69) is 65.6 Å². The Morgan fingerprint density at radius 2 is 1.45 bits per heavy atom. The Labute approximate surface area is 119 Å². The van der Waals surface area contributed by atoms with Crippen molar-refractivity contribution in [3.05, 3.63) is 60.7 Å². The topological polar surface area (TPSA) is 15.8 Å². The van der Waals surface area contributed by atoms with Gasteiger partial charge in [-0.3, -0.25) is 0 Å². The predicted molar refractivity (Wildman–Crippen MR) is 88.7 cm³/mol. The average Bonchev–Trinajstić information content (AvgIpc) is 3.03. The summed E-state index contributed by atoms with van der Waals surface area (Å²) in [6.45, 7) is 0. The van der Waals surface area contributed by atoms with E-state index >= 15 is 0 Å². The van der Waals surface area contributed by atoms with Crippen molar-refractivity contribution in [1.29, 1.82) is 0 Å². The lowest BCUT2D eigenvalue weighted by molar-refractivity contribution is 1.59. The fourth-order valence-electron chi connectivity index (χ4n) is 3.08. The van der Waals surface area contributed by atoms with Gasteiger partial charge in [0.05, 0.1) is 15.7 Å². The van der Waals surface area contributed by atoms with Crippen LogP contribution in [-0.2, 0) is 0 Å². The van der Waals surface area contributed by atoms with Crippen LogP contribution in [0.3, 0.4) is 0 Å². The molecule has 20 heavy (non-hydrogen) atoms. The largest absolute Gasteiger partial charge is 0.353 e. The zero-order valence-corrected chi connectivity index (χ0v) is 11.5. The second kappa shape index (κ2) is 3.62. The van der Waals surface area contributed by atoms with E-state index in [-0.39, 0.29) is 0 Å². The van der Waals surface area contributed by atoms with Crippen LogP contribution in [-0.4, -0.2) is 4.98 Å². The normalized spacial score (nSPS) is 12.0. The van der Waals surface area contributed by atoms with E-state index in [0.29, 0.717) is 0 Å². The summed E-state index contributed by atoms with van der Waals surface area (Å²) in [6.07, 6.45) is 0. The van der Waals surface area contributed by atoms with Crippen LogP contribution in [0.2, 0.25) is 0 Å². The van der Waals surface area contributed by atoms with Crippen molar-refractivity contribution in [3.8, 4) is 0 Å². The summed E-state index contributed by atoms with van der Waals surface area (Å²) in [4.78, 5) is 3.65. The first-order chi connectivity index (χ1) is 9.92. The van der Waals surface area contributed by atoms with Gasteiger partial charge in [0.2, 0.25) is 0 Å². The van der Waals surface area contributed by atoms with Crippen LogP contribution in [0.4, 0.5) is 0 Å². The number of H-pyrrole nitrogens is 1. The quantitative estimate of drug-likeness (QED) is 0.373. The molecule has 0 amide bonds. The number of hydrogen-bond donors (Lipinski definition) is 1. The minimum absolute atomic E-state index is 1.26. The van der Waals surface area contributed by atoms with Crippen LogP contribution in [0.25, 0.3) is 42.0 Å². The number of fused-ring (bicyclic) bond motifs is 7. The van der Waals surface area contributed by atoms with Crippen molar-refractivity contribution in [1.82, 2.24) is 4.98 Å². The highest BCUT2D eigenvalue weighted by molar-refractivity contribution is 7.26. The molecule has 0 saturated carbocycles. The van der Waals surface area contributed by atoms with Gasteiger partial charge in [0.25, 0.3) is 0 Å². The SMILES string of the molecule is c1ccc2c(c1)ccc1c2[nH]c2c3ccccc3sc12. The van der Waals surface area contributed by atoms with Gasteiger partial charge in [-0.15, -0.1) is 11.3 Å². The number of benzene rings is 3. The fourth-order valence-corrected chi connectivity index (χ4v) is 4.27. The lowest BCUT2D eigenvalue weighted by Gasteiger charge is -1.98. The monoisotopic (exact) mass is 273 g/mol. The van der Waals surface area contributed by atoms with Gasteiger partial charge in [0, 0.05) is 20.9 Å². The molecule has 0 fully saturated rings. The molecule has 0 spiro atoms. The van der Waals surface area contributed by atoms with Gasteiger partial charge in [-0.05, 0) is 11.5 Å². The Balaban J connectivity index is 2.08. The zero-order chi connectivity index (χ0) is 13.1. The maximum Gasteiger partial charge on any atom is 0.0654 e. The third kappa shape index (κ3) is 1.22. The van der Waals surface area contributed by atoms with Crippen molar-refractivity contribution in [2.75, 3.05) is 0 Å². The summed E-state index contributed by atoms with van der Waals surface area (Å²) >= 11 is 1.88. The molecular weight excluding hydrogens is 262 g/mol. The lowest BCUT2D eigenvalue weighted by Crippen LogP contribution is -1.74. The molecule has 2 heterocycles. The van der Waals surface area contributed by atoms with E-state index in [1.807, 2.05) is 11.3 Å². The molecule has 1 N–H and O–H groups in total. The molecule has 0 atom stereocenters. The molecule has 3 aromatic carbocycles. The van der Waals surface area contributed by atoms with E-state index in [1.165, 1.54) is 42.0 Å². The van der Waals surface area contributed by atoms with Crippen LogP contribution in [0.15, 0.2) is 60.7 Å². The summed E-state index contributed by atoms with van der Waals surface area (Å²) < 4.78 is 2.72. The molecule has 0 unspecified atom stereocenters. The molecule has 5 rings (SSSR count). The van der Waals surface area contributed by atoms with Crippen molar-refractivity contribution in [3.63, 3.8) is 0 Å². The third-order valence-corrected chi connectivity index (χ3v) is 5.22. The highest BCUT2D eigenvalue weighted by Gasteiger charge is 2.12. The fraction of sp³-hybridized carbons (Fsp3) is 0. The van der Waals surface area contributed by atoms with Crippen LogP contribution >= 0.6 is 11.3 Å². The second-order valence-electron chi connectivity index (χ2n) is 5.14. The van der Waals surface area contributed by atoms with Crippen LogP contribution in [0.5, 0.6) is 0 Å². The van der Waals surface area contributed by atoms with E-state index in [1.54, 1.807) is 0 Å². The number of aromatic amines is 1. The van der Waals surface area contributed by atoms with Gasteiger partial charge in [-0.1, -0.05) is 54.6 Å². The van der Waals surface area contributed by atoms with Crippen LogP contribution < -0.4 is 0 Å². The van der Waals surface area contributed by atoms with Crippen molar-refractivity contribution >= 4 is 53.3 Å². The molecular formula is C18H11NS. The lowest BCUT2D eigenvalue weighted by atomic mass is 10.1. The van der Waals surface area contributed by atoms with Crippen LogP contribution in [0.1, 0.15) is 0 Å². The number of nitrogens with one attached hydrogen (secondary N) is 1. The van der Waals surface area contributed by atoms with Gasteiger partial charge in [0.1, 0.15) is 0 Å². The highest BCUT2D eigenvalue weighted by atomic mass is 32.1. The van der Waals surface area contributed by atoms with Crippen molar-refractivity contribution in [2.24, 2.45) is 0 Å². The van der Waals surface area contributed by atoms with E-state index < -0.39 is 0 Å². The number of thiophene rings is 1. The molecule has 94 valence electrons. The van der Waals surface area contributed by atoms with Crippen LogP contribution in [0, 0.1) is 0 Å². The molecule has 0 aliphatic rings. The minimum Gasteiger partial charge on any atom is -0.353 e.